The first kappa shape index (κ1) is 29.2. The zero-order valence-corrected chi connectivity index (χ0v) is 28.7. The first-order chi connectivity index (χ1) is 26.7. The van der Waals surface area contributed by atoms with E-state index in [1.54, 1.807) is 0 Å². The molecule has 0 unspecified atom stereocenters. The summed E-state index contributed by atoms with van der Waals surface area (Å²) < 4.78 is 13.1. The lowest BCUT2D eigenvalue weighted by Gasteiger charge is -2.23. The Morgan fingerprint density at radius 2 is 0.981 bits per heavy atom. The van der Waals surface area contributed by atoms with Gasteiger partial charge in [0.05, 0.1) is 0 Å². The molecule has 0 saturated heterocycles. The topological polar surface area (TPSA) is 61.0 Å². The van der Waals surface area contributed by atoms with Gasteiger partial charge in [-0.3, -0.25) is 0 Å². The molecular weight excluding hydrogens is 663 g/mol. The highest BCUT2D eigenvalue weighted by atomic mass is 16.5. The molecule has 5 heteroatoms. The molecular formula is C49H27N3O2. The molecule has 2 aromatic heterocycles. The zero-order valence-electron chi connectivity index (χ0n) is 28.7. The molecule has 9 aromatic carbocycles. The molecule has 3 heterocycles. The van der Waals surface area contributed by atoms with Gasteiger partial charge in [0.25, 0.3) is 0 Å². The largest absolute Gasteiger partial charge is 0.456 e. The highest BCUT2D eigenvalue weighted by Gasteiger charge is 2.24. The van der Waals surface area contributed by atoms with Gasteiger partial charge in [-0.25, -0.2) is 15.0 Å². The van der Waals surface area contributed by atoms with Crippen LogP contribution >= 0.6 is 0 Å². The number of ether oxygens (including phenoxy) is 1. The summed E-state index contributed by atoms with van der Waals surface area (Å²) in [5, 5.41) is 11.4. The average Bonchev–Trinajstić information content (AvgIpc) is 3.61. The van der Waals surface area contributed by atoms with Gasteiger partial charge < -0.3 is 9.15 Å². The number of aromatic nitrogens is 3. The van der Waals surface area contributed by atoms with E-state index in [0.717, 1.165) is 82.8 Å². The lowest BCUT2D eigenvalue weighted by atomic mass is 9.89. The second-order valence-corrected chi connectivity index (χ2v) is 13.9. The summed E-state index contributed by atoms with van der Waals surface area (Å²) in [6, 6.07) is 56.8. The van der Waals surface area contributed by atoms with Crippen molar-refractivity contribution in [2.75, 3.05) is 0 Å². The number of hydrogen-bond donors (Lipinski definition) is 0. The monoisotopic (exact) mass is 689 g/mol. The van der Waals surface area contributed by atoms with E-state index in [2.05, 4.69) is 109 Å². The molecule has 54 heavy (non-hydrogen) atoms. The van der Waals surface area contributed by atoms with E-state index >= 15 is 0 Å². The Kier molecular flexibility index (Phi) is 5.99. The number of nitrogens with zero attached hydrogens (tertiary/aromatic N) is 3. The Hall–Kier alpha value is -7.37. The Bertz CT molecular complexity index is 3360. The molecule has 1 aliphatic heterocycles. The van der Waals surface area contributed by atoms with Crippen molar-refractivity contribution >= 4 is 65.0 Å². The van der Waals surface area contributed by atoms with Crippen molar-refractivity contribution in [2.24, 2.45) is 0 Å². The Morgan fingerprint density at radius 1 is 0.352 bits per heavy atom. The molecule has 5 nitrogen and oxygen atoms in total. The van der Waals surface area contributed by atoms with Crippen LogP contribution in [0.15, 0.2) is 168 Å². The molecule has 12 rings (SSSR count). The van der Waals surface area contributed by atoms with Gasteiger partial charge in [0.15, 0.2) is 17.5 Å². The zero-order chi connectivity index (χ0) is 35.3. The quantitative estimate of drug-likeness (QED) is 0.172. The van der Waals surface area contributed by atoms with Crippen LogP contribution in [0, 0.1) is 0 Å². The summed E-state index contributed by atoms with van der Waals surface area (Å²) >= 11 is 0. The summed E-state index contributed by atoms with van der Waals surface area (Å²) in [4.78, 5) is 15.3. The lowest BCUT2D eigenvalue weighted by Crippen LogP contribution is -2.01. The van der Waals surface area contributed by atoms with Gasteiger partial charge >= 0.3 is 0 Å². The minimum atomic E-state index is 0.582. The van der Waals surface area contributed by atoms with Gasteiger partial charge in [-0.15, -0.1) is 0 Å². The third-order valence-corrected chi connectivity index (χ3v) is 10.9. The lowest BCUT2D eigenvalue weighted by molar-refractivity contribution is 0.495. The van der Waals surface area contributed by atoms with Crippen LogP contribution in [0.1, 0.15) is 0 Å². The third kappa shape index (κ3) is 4.24. The minimum absolute atomic E-state index is 0.582. The average molecular weight is 690 g/mol. The molecule has 0 atom stereocenters. The second kappa shape index (κ2) is 11.1. The maximum Gasteiger partial charge on any atom is 0.164 e. The van der Waals surface area contributed by atoms with Crippen molar-refractivity contribution in [3.63, 3.8) is 0 Å². The number of benzene rings is 9. The van der Waals surface area contributed by atoms with Crippen LogP contribution < -0.4 is 4.74 Å². The van der Waals surface area contributed by atoms with Crippen molar-refractivity contribution in [1.29, 1.82) is 0 Å². The van der Waals surface area contributed by atoms with Crippen LogP contribution in [0.2, 0.25) is 0 Å². The predicted octanol–water partition coefficient (Wildman–Crippen LogP) is 13.2. The van der Waals surface area contributed by atoms with Gasteiger partial charge in [-0.05, 0) is 62.8 Å². The number of furan rings is 1. The molecule has 0 spiro atoms. The van der Waals surface area contributed by atoms with E-state index in [1.807, 2.05) is 54.6 Å². The number of fused-ring (bicyclic) bond motifs is 4. The van der Waals surface area contributed by atoms with Gasteiger partial charge in [0.2, 0.25) is 0 Å². The summed E-state index contributed by atoms with van der Waals surface area (Å²) in [7, 11) is 0. The Labute approximate surface area is 308 Å². The van der Waals surface area contributed by atoms with E-state index < -0.39 is 0 Å². The molecule has 1 aliphatic rings. The molecule has 0 fully saturated rings. The summed E-state index contributed by atoms with van der Waals surface area (Å²) in [6.07, 6.45) is 0. The molecule has 0 bridgehead atoms. The van der Waals surface area contributed by atoms with Crippen LogP contribution in [0.25, 0.3) is 110 Å². The standard InChI is InChI=1S/C49H27N3O2/c1-2-9-31(10-3-1)47-50-48(32-24-25-37-36-12-4-5-17-40(36)53-42(37)27-32)52-49(51-47)39-16-8-13-33-34(14-7-15-35(33)39)38-26-23-30-22-21-29-20-19-28-11-6-18-41-43(28)44(29)45(30)46(38)54-41/h1-27H. The molecule has 0 radical (unpaired) electrons. The van der Waals surface area contributed by atoms with Crippen LogP contribution in [0.5, 0.6) is 11.5 Å². The first-order valence-corrected chi connectivity index (χ1v) is 18.1. The SMILES string of the molecule is c1ccc(-c2nc(-c3ccc4c(c3)oc3ccccc34)nc(-c3cccc4c(-c5ccc6ccc7ccc8cccc9c8c7c6c5O9)cccc34)n2)cc1. The molecule has 0 amide bonds. The van der Waals surface area contributed by atoms with Crippen molar-refractivity contribution in [1.82, 2.24) is 15.0 Å². The van der Waals surface area contributed by atoms with Gasteiger partial charge in [-0.1, -0.05) is 133 Å². The van der Waals surface area contributed by atoms with Crippen molar-refractivity contribution in [3.8, 4) is 56.8 Å². The van der Waals surface area contributed by atoms with Gasteiger partial charge in [-0.2, -0.15) is 0 Å². The molecule has 0 aliphatic carbocycles. The highest BCUT2D eigenvalue weighted by Crippen LogP contribution is 2.51. The van der Waals surface area contributed by atoms with Crippen molar-refractivity contribution in [2.45, 2.75) is 0 Å². The van der Waals surface area contributed by atoms with Crippen LogP contribution in [-0.2, 0) is 0 Å². The first-order valence-electron chi connectivity index (χ1n) is 18.1. The maximum atomic E-state index is 6.87. The smallest absolute Gasteiger partial charge is 0.164 e. The van der Waals surface area contributed by atoms with Crippen LogP contribution in [-0.4, -0.2) is 15.0 Å². The van der Waals surface area contributed by atoms with Crippen LogP contribution in [0.3, 0.4) is 0 Å². The minimum Gasteiger partial charge on any atom is -0.456 e. The highest BCUT2D eigenvalue weighted by molar-refractivity contribution is 6.26. The number of hydrogen-bond acceptors (Lipinski definition) is 5. The maximum absolute atomic E-state index is 6.87. The Balaban J connectivity index is 1.07. The van der Waals surface area contributed by atoms with Crippen molar-refractivity contribution in [3.05, 3.63) is 164 Å². The second-order valence-electron chi connectivity index (χ2n) is 13.9. The normalized spacial score (nSPS) is 12.2. The van der Waals surface area contributed by atoms with E-state index in [-0.39, 0.29) is 0 Å². The summed E-state index contributed by atoms with van der Waals surface area (Å²) in [6.45, 7) is 0. The van der Waals surface area contributed by atoms with Crippen molar-refractivity contribution < 1.29 is 9.15 Å². The van der Waals surface area contributed by atoms with E-state index in [9.17, 15) is 0 Å². The van der Waals surface area contributed by atoms with Crippen LogP contribution in [0.4, 0.5) is 0 Å². The molecule has 0 saturated carbocycles. The number of rotatable bonds is 4. The summed E-state index contributed by atoms with van der Waals surface area (Å²) in [5.41, 5.74) is 6.48. The van der Waals surface area contributed by atoms with E-state index in [4.69, 9.17) is 24.1 Å². The van der Waals surface area contributed by atoms with Gasteiger partial charge in [0, 0.05) is 49.2 Å². The fourth-order valence-electron chi connectivity index (χ4n) is 8.40. The fraction of sp³-hybridized carbons (Fsp3) is 0. The molecule has 250 valence electrons. The van der Waals surface area contributed by atoms with E-state index in [1.165, 1.54) is 21.5 Å². The summed E-state index contributed by atoms with van der Waals surface area (Å²) in [5.74, 6) is 3.57. The van der Waals surface area contributed by atoms with Gasteiger partial charge in [0.1, 0.15) is 22.7 Å². The Morgan fingerprint density at radius 3 is 1.83 bits per heavy atom. The van der Waals surface area contributed by atoms with E-state index in [0.29, 0.717) is 17.5 Å². The molecule has 11 aromatic rings. The molecule has 0 N–H and O–H groups in total. The predicted molar refractivity (Wildman–Crippen MR) is 219 cm³/mol. The third-order valence-electron chi connectivity index (χ3n) is 10.9. The fourth-order valence-corrected chi connectivity index (χ4v) is 8.40. The number of para-hydroxylation sites is 1.